The molecule has 0 spiro atoms. The van der Waals surface area contributed by atoms with Gasteiger partial charge in [0.1, 0.15) is 17.1 Å². The number of hydrogen-bond donors (Lipinski definition) is 0. The monoisotopic (exact) mass is 670 g/mol. The Morgan fingerprint density at radius 2 is 1.36 bits per heavy atom. The molecule has 0 amide bonds. The van der Waals surface area contributed by atoms with Gasteiger partial charge < -0.3 is 14.1 Å². The molecule has 3 aromatic rings. The number of nitrogens with zero attached hydrogens (tertiary/aromatic N) is 2. The standard InChI is InChI=1S/C32H46N2O7S2.ClH/c1-6-9-13-30-31(28-24-26(16-19-29(28)41-30)34(42(4,36)37)43(5,38)39)32(35)25-14-17-27(18-15-25)40-23-12-22-33(20-10-7-2)21-11-8-3;/h14-19,24H,6-13,20-23H2,1-5H3;1H. The minimum Gasteiger partial charge on any atom is -0.494 e. The minimum absolute atomic E-state index is 0. The topological polar surface area (TPSA) is 114 Å². The minimum atomic E-state index is -4.15. The van der Waals surface area contributed by atoms with Crippen molar-refractivity contribution in [1.29, 1.82) is 0 Å². The summed E-state index contributed by atoms with van der Waals surface area (Å²) in [7, 11) is -8.30. The average Bonchev–Trinajstić information content (AvgIpc) is 3.31. The number of ketones is 1. The SMILES string of the molecule is CCCCc1oc2ccc(N(S(C)(=O)=O)S(C)(=O)=O)cc2c1C(=O)c1ccc(OCCCN(CCCC)CCCC)cc1.Cl. The van der Waals surface area contributed by atoms with Crippen molar-refractivity contribution in [2.45, 2.75) is 72.1 Å². The van der Waals surface area contributed by atoms with Gasteiger partial charge >= 0.3 is 0 Å². The number of carbonyl (C=O) groups excluding carboxylic acids is 1. The number of anilines is 1. The van der Waals surface area contributed by atoms with Crippen molar-refractivity contribution in [3.63, 3.8) is 0 Å². The van der Waals surface area contributed by atoms with E-state index in [2.05, 4.69) is 18.7 Å². The largest absolute Gasteiger partial charge is 0.494 e. The maximum atomic E-state index is 13.8. The van der Waals surface area contributed by atoms with E-state index in [9.17, 15) is 21.6 Å². The second-order valence-corrected chi connectivity index (χ2v) is 14.9. The fourth-order valence-electron chi connectivity index (χ4n) is 5.06. The number of unbranched alkanes of at least 4 members (excludes halogenated alkanes) is 3. The summed E-state index contributed by atoms with van der Waals surface area (Å²) < 4.78 is 61.9. The van der Waals surface area contributed by atoms with Gasteiger partial charge in [0.05, 0.1) is 30.4 Å². The Labute approximate surface area is 269 Å². The van der Waals surface area contributed by atoms with E-state index < -0.39 is 20.0 Å². The molecule has 246 valence electrons. The average molecular weight is 671 g/mol. The molecule has 44 heavy (non-hydrogen) atoms. The van der Waals surface area contributed by atoms with Crippen LogP contribution in [0.2, 0.25) is 0 Å². The van der Waals surface area contributed by atoms with Crippen LogP contribution in [0.1, 0.15) is 87.4 Å². The quantitative estimate of drug-likeness (QED) is 0.101. The number of sulfonamides is 2. The van der Waals surface area contributed by atoms with E-state index in [-0.39, 0.29) is 23.9 Å². The summed E-state index contributed by atoms with van der Waals surface area (Å²) in [5, 5.41) is 0.363. The van der Waals surface area contributed by atoms with E-state index >= 15 is 0 Å². The molecule has 0 saturated heterocycles. The first kappa shape index (κ1) is 37.6. The maximum absolute atomic E-state index is 13.8. The van der Waals surface area contributed by atoms with Crippen LogP contribution in [0.5, 0.6) is 5.75 Å². The van der Waals surface area contributed by atoms with Crippen LogP contribution in [0.25, 0.3) is 11.0 Å². The Kier molecular flexibility index (Phi) is 14.7. The molecule has 0 N–H and O–H groups in total. The molecule has 0 radical (unpaired) electrons. The summed E-state index contributed by atoms with van der Waals surface area (Å²) >= 11 is 0. The van der Waals surface area contributed by atoms with Crippen molar-refractivity contribution >= 4 is 54.9 Å². The van der Waals surface area contributed by atoms with Crippen molar-refractivity contribution in [2.75, 3.05) is 42.5 Å². The Balaban J connectivity index is 0.00000675. The van der Waals surface area contributed by atoms with Gasteiger partial charge in [-0.15, -0.1) is 12.4 Å². The number of furan rings is 1. The lowest BCUT2D eigenvalue weighted by molar-refractivity contribution is 0.103. The number of ether oxygens (including phenoxy) is 1. The Bertz CT molecular complexity index is 1530. The zero-order chi connectivity index (χ0) is 31.6. The third-order valence-corrected chi connectivity index (χ3v) is 10.5. The first-order chi connectivity index (χ1) is 20.4. The molecule has 9 nitrogen and oxygen atoms in total. The van der Waals surface area contributed by atoms with Gasteiger partial charge in [-0.1, -0.05) is 40.0 Å². The molecule has 3 rings (SSSR count). The highest BCUT2D eigenvalue weighted by Crippen LogP contribution is 2.34. The van der Waals surface area contributed by atoms with E-state index in [1.807, 2.05) is 6.92 Å². The number of hydrogen-bond acceptors (Lipinski definition) is 8. The molecule has 0 saturated carbocycles. The molecular weight excluding hydrogens is 624 g/mol. The van der Waals surface area contributed by atoms with Crippen LogP contribution in [0.4, 0.5) is 5.69 Å². The van der Waals surface area contributed by atoms with Crippen LogP contribution >= 0.6 is 12.4 Å². The Morgan fingerprint density at radius 1 is 0.795 bits per heavy atom. The molecule has 0 aliphatic carbocycles. The van der Waals surface area contributed by atoms with Crippen LogP contribution in [0.3, 0.4) is 0 Å². The first-order valence-electron chi connectivity index (χ1n) is 15.2. The molecule has 1 heterocycles. The summed E-state index contributed by atoms with van der Waals surface area (Å²) in [5.74, 6) is 0.870. The van der Waals surface area contributed by atoms with Gasteiger partial charge in [-0.05, 0) is 81.2 Å². The van der Waals surface area contributed by atoms with Crippen LogP contribution < -0.4 is 8.45 Å². The van der Waals surface area contributed by atoms with Gasteiger partial charge in [0.15, 0.2) is 5.78 Å². The first-order valence-corrected chi connectivity index (χ1v) is 18.9. The van der Waals surface area contributed by atoms with Gasteiger partial charge in [-0.2, -0.15) is 3.71 Å². The van der Waals surface area contributed by atoms with Gasteiger partial charge in [-0.25, -0.2) is 16.8 Å². The van der Waals surface area contributed by atoms with Gasteiger partial charge in [0.2, 0.25) is 20.0 Å². The Morgan fingerprint density at radius 3 is 1.91 bits per heavy atom. The van der Waals surface area contributed by atoms with Crippen LogP contribution in [-0.4, -0.2) is 66.3 Å². The predicted octanol–water partition coefficient (Wildman–Crippen LogP) is 6.82. The van der Waals surface area contributed by atoms with Crippen LogP contribution in [0.15, 0.2) is 46.9 Å². The maximum Gasteiger partial charge on any atom is 0.245 e. The summed E-state index contributed by atoms with van der Waals surface area (Å²) in [6, 6.07) is 11.2. The smallest absolute Gasteiger partial charge is 0.245 e. The molecule has 2 aromatic carbocycles. The van der Waals surface area contributed by atoms with Crippen molar-refractivity contribution in [1.82, 2.24) is 4.90 Å². The summed E-state index contributed by atoms with van der Waals surface area (Å²) in [6.07, 6.45) is 9.49. The highest BCUT2D eigenvalue weighted by molar-refractivity contribution is 8.09. The fraction of sp³-hybridized carbons (Fsp3) is 0.531. The number of rotatable bonds is 19. The lowest BCUT2D eigenvalue weighted by Crippen LogP contribution is -2.35. The van der Waals surface area contributed by atoms with E-state index in [0.717, 1.165) is 51.4 Å². The molecule has 0 atom stereocenters. The van der Waals surface area contributed by atoms with E-state index in [1.165, 1.54) is 43.9 Å². The lowest BCUT2D eigenvalue weighted by atomic mass is 9.98. The van der Waals surface area contributed by atoms with Gasteiger partial charge in [0, 0.05) is 23.9 Å². The third kappa shape index (κ3) is 10.2. The Hall–Kier alpha value is -2.60. The zero-order valence-corrected chi connectivity index (χ0v) is 29.0. The number of benzene rings is 2. The molecule has 0 fully saturated rings. The van der Waals surface area contributed by atoms with E-state index in [0.29, 0.717) is 50.3 Å². The number of fused-ring (bicyclic) bond motifs is 1. The fourth-order valence-corrected chi connectivity index (χ4v) is 8.03. The number of carbonyl (C=O) groups is 1. The van der Waals surface area contributed by atoms with E-state index in [4.69, 9.17) is 9.15 Å². The highest BCUT2D eigenvalue weighted by atomic mass is 35.5. The van der Waals surface area contributed by atoms with Crippen molar-refractivity contribution in [3.8, 4) is 5.75 Å². The van der Waals surface area contributed by atoms with Crippen LogP contribution in [-0.2, 0) is 26.5 Å². The van der Waals surface area contributed by atoms with Gasteiger partial charge in [0.25, 0.3) is 0 Å². The second kappa shape index (κ2) is 17.2. The molecule has 1 aromatic heterocycles. The highest BCUT2D eigenvalue weighted by Gasteiger charge is 2.29. The van der Waals surface area contributed by atoms with E-state index in [1.54, 1.807) is 24.3 Å². The molecule has 0 unspecified atom stereocenters. The van der Waals surface area contributed by atoms with Crippen molar-refractivity contribution in [2.24, 2.45) is 0 Å². The van der Waals surface area contributed by atoms with Gasteiger partial charge in [-0.3, -0.25) is 4.79 Å². The number of aryl methyl sites for hydroxylation is 1. The normalized spacial score (nSPS) is 12.0. The molecular formula is C32H47ClN2O7S2. The third-order valence-electron chi connectivity index (χ3n) is 7.20. The number of halogens is 1. The van der Waals surface area contributed by atoms with Crippen molar-refractivity contribution in [3.05, 3.63) is 59.4 Å². The summed E-state index contributed by atoms with van der Waals surface area (Å²) in [4.78, 5) is 16.3. The summed E-state index contributed by atoms with van der Waals surface area (Å²) in [5.41, 5.74) is 1.03. The molecule has 0 bridgehead atoms. The molecule has 0 aliphatic rings. The second-order valence-electron chi connectivity index (χ2n) is 11.0. The lowest BCUT2D eigenvalue weighted by Gasteiger charge is -2.21. The van der Waals surface area contributed by atoms with Crippen LogP contribution in [0, 0.1) is 0 Å². The molecule has 0 aliphatic heterocycles. The molecule has 12 heteroatoms. The predicted molar refractivity (Wildman–Crippen MR) is 180 cm³/mol. The summed E-state index contributed by atoms with van der Waals surface area (Å²) in [6.45, 7) is 10.2. The van der Waals surface area contributed by atoms with Crippen molar-refractivity contribution < 1.29 is 30.8 Å². The zero-order valence-electron chi connectivity index (χ0n) is 26.5.